The third-order valence-corrected chi connectivity index (χ3v) is 3.35. The molecule has 0 saturated heterocycles. The van der Waals surface area contributed by atoms with E-state index in [4.69, 9.17) is 0 Å². The van der Waals surface area contributed by atoms with Gasteiger partial charge in [0.2, 0.25) is 5.91 Å². The van der Waals surface area contributed by atoms with E-state index < -0.39 is 5.97 Å². The number of nitrogens with one attached hydrogen (secondary N) is 1. The van der Waals surface area contributed by atoms with Gasteiger partial charge in [-0.2, -0.15) is 0 Å². The van der Waals surface area contributed by atoms with Crippen LogP contribution >= 0.6 is 0 Å². The zero-order chi connectivity index (χ0) is 13.8. The van der Waals surface area contributed by atoms with Gasteiger partial charge in [-0.25, -0.2) is 0 Å². The predicted octanol–water partition coefficient (Wildman–Crippen LogP) is 0.332. The van der Waals surface area contributed by atoms with Crippen molar-refractivity contribution in [2.24, 2.45) is 0 Å². The predicted molar refractivity (Wildman–Crippen MR) is 70.4 cm³/mol. The molecule has 5 nitrogen and oxygen atoms in total. The summed E-state index contributed by atoms with van der Waals surface area (Å²) in [7, 11) is 2.93. The van der Waals surface area contributed by atoms with E-state index in [0.29, 0.717) is 13.0 Å². The third-order valence-electron chi connectivity index (χ3n) is 3.35. The molecule has 0 aromatic heterocycles. The zero-order valence-electron chi connectivity index (χ0n) is 11.2. The van der Waals surface area contributed by atoms with Crippen LogP contribution in [0.1, 0.15) is 11.1 Å². The van der Waals surface area contributed by atoms with Crippen LogP contribution in [-0.2, 0) is 27.3 Å². The SMILES string of the molecule is COC(=O)CN(C)C(=O)C1Cc2ccccc2CN1. The van der Waals surface area contributed by atoms with E-state index in [-0.39, 0.29) is 18.5 Å². The minimum atomic E-state index is -0.410. The van der Waals surface area contributed by atoms with Gasteiger partial charge in [0.15, 0.2) is 0 Å². The van der Waals surface area contributed by atoms with Gasteiger partial charge < -0.3 is 15.0 Å². The van der Waals surface area contributed by atoms with Gasteiger partial charge in [-0.15, -0.1) is 0 Å². The average Bonchev–Trinajstić information content (AvgIpc) is 2.45. The molecule has 0 aliphatic carbocycles. The maximum Gasteiger partial charge on any atom is 0.325 e. The maximum atomic E-state index is 12.2. The summed E-state index contributed by atoms with van der Waals surface area (Å²) < 4.78 is 4.56. The maximum absolute atomic E-state index is 12.2. The van der Waals surface area contributed by atoms with Gasteiger partial charge in [-0.1, -0.05) is 24.3 Å². The molecule has 19 heavy (non-hydrogen) atoms. The summed E-state index contributed by atoms with van der Waals surface area (Å²) in [5.41, 5.74) is 2.41. The highest BCUT2D eigenvalue weighted by Gasteiger charge is 2.27. The second-order valence-corrected chi connectivity index (χ2v) is 4.68. The number of likely N-dealkylation sites (N-methyl/N-ethyl adjacent to an activating group) is 1. The highest BCUT2D eigenvalue weighted by Crippen LogP contribution is 2.17. The van der Waals surface area contributed by atoms with E-state index in [1.54, 1.807) is 7.05 Å². The number of ether oxygens (including phenoxy) is 1. The standard InChI is InChI=1S/C14H18N2O3/c1-16(9-13(17)19-2)14(18)12-7-10-5-3-4-6-11(10)8-15-12/h3-6,12,15H,7-9H2,1-2H3. The van der Waals surface area contributed by atoms with E-state index in [1.165, 1.54) is 23.1 Å². The summed E-state index contributed by atoms with van der Waals surface area (Å²) in [6.45, 7) is 0.661. The smallest absolute Gasteiger partial charge is 0.325 e. The number of methoxy groups -OCH3 is 1. The van der Waals surface area contributed by atoms with E-state index in [0.717, 1.165) is 0 Å². The molecule has 1 amide bonds. The fraction of sp³-hybridized carbons (Fsp3) is 0.429. The van der Waals surface area contributed by atoms with E-state index in [9.17, 15) is 9.59 Å². The van der Waals surface area contributed by atoms with Crippen LogP contribution in [-0.4, -0.2) is 43.5 Å². The van der Waals surface area contributed by atoms with Crippen LogP contribution in [0.5, 0.6) is 0 Å². The molecule has 1 N–H and O–H groups in total. The van der Waals surface area contributed by atoms with Crippen molar-refractivity contribution in [3.63, 3.8) is 0 Å². The number of carbonyl (C=O) groups excluding carboxylic acids is 2. The first-order valence-electron chi connectivity index (χ1n) is 6.23. The summed E-state index contributed by atoms with van der Waals surface area (Å²) in [6, 6.07) is 7.79. The molecule has 1 aliphatic rings. The molecular weight excluding hydrogens is 244 g/mol. The number of rotatable bonds is 3. The van der Waals surface area contributed by atoms with Crippen molar-refractivity contribution in [3.8, 4) is 0 Å². The lowest BCUT2D eigenvalue weighted by molar-refractivity contribution is -0.146. The van der Waals surface area contributed by atoms with Crippen LogP contribution in [0.25, 0.3) is 0 Å². The molecule has 102 valence electrons. The zero-order valence-corrected chi connectivity index (χ0v) is 11.2. The Morgan fingerprint density at radius 3 is 2.74 bits per heavy atom. The molecule has 1 aromatic rings. The second kappa shape index (κ2) is 5.84. The van der Waals surface area contributed by atoms with Crippen LogP contribution in [0.15, 0.2) is 24.3 Å². The molecule has 0 fully saturated rings. The van der Waals surface area contributed by atoms with Crippen molar-refractivity contribution in [1.82, 2.24) is 10.2 Å². The Labute approximate surface area is 112 Å². The highest BCUT2D eigenvalue weighted by molar-refractivity contribution is 5.86. The summed E-state index contributed by atoms with van der Waals surface area (Å²) in [6.07, 6.45) is 0.653. The number of amides is 1. The Bertz CT molecular complexity index is 487. The largest absolute Gasteiger partial charge is 0.468 e. The van der Waals surface area contributed by atoms with Crippen molar-refractivity contribution in [1.29, 1.82) is 0 Å². The number of hydrogen-bond acceptors (Lipinski definition) is 4. The summed E-state index contributed by atoms with van der Waals surface area (Å²) in [5.74, 6) is -0.494. The normalized spacial score (nSPS) is 17.5. The lowest BCUT2D eigenvalue weighted by atomic mass is 9.95. The first-order chi connectivity index (χ1) is 9.11. The molecule has 0 saturated carbocycles. The van der Waals surface area contributed by atoms with Gasteiger partial charge in [0.1, 0.15) is 6.54 Å². The van der Waals surface area contributed by atoms with E-state index in [1.807, 2.05) is 18.2 Å². The van der Waals surface area contributed by atoms with Crippen LogP contribution in [0, 0.1) is 0 Å². The monoisotopic (exact) mass is 262 g/mol. The first-order valence-corrected chi connectivity index (χ1v) is 6.23. The Morgan fingerprint density at radius 1 is 1.37 bits per heavy atom. The second-order valence-electron chi connectivity index (χ2n) is 4.68. The number of fused-ring (bicyclic) bond motifs is 1. The first kappa shape index (κ1) is 13.5. The lowest BCUT2D eigenvalue weighted by Gasteiger charge is -2.28. The molecule has 0 bridgehead atoms. The molecule has 0 spiro atoms. The van der Waals surface area contributed by atoms with Crippen molar-refractivity contribution >= 4 is 11.9 Å². The Balaban J connectivity index is 2.00. The minimum Gasteiger partial charge on any atom is -0.468 e. The van der Waals surface area contributed by atoms with Crippen molar-refractivity contribution in [3.05, 3.63) is 35.4 Å². The van der Waals surface area contributed by atoms with Gasteiger partial charge in [0.25, 0.3) is 0 Å². The molecule has 1 heterocycles. The molecule has 1 atom stereocenters. The molecule has 1 aromatic carbocycles. The fourth-order valence-electron chi connectivity index (χ4n) is 2.23. The van der Waals surface area contributed by atoms with Crippen molar-refractivity contribution in [2.45, 2.75) is 19.0 Å². The highest BCUT2D eigenvalue weighted by atomic mass is 16.5. The van der Waals surface area contributed by atoms with Crippen LogP contribution in [0.2, 0.25) is 0 Å². The molecule has 0 radical (unpaired) electrons. The lowest BCUT2D eigenvalue weighted by Crippen LogP contribution is -2.49. The van der Waals surface area contributed by atoms with Crippen LogP contribution in [0.4, 0.5) is 0 Å². The van der Waals surface area contributed by atoms with Crippen molar-refractivity contribution in [2.75, 3.05) is 20.7 Å². The van der Waals surface area contributed by atoms with E-state index >= 15 is 0 Å². The Morgan fingerprint density at radius 2 is 2.05 bits per heavy atom. The molecule has 1 unspecified atom stereocenters. The number of nitrogens with zero attached hydrogens (tertiary/aromatic N) is 1. The topological polar surface area (TPSA) is 58.6 Å². The Kier molecular flexibility index (Phi) is 4.16. The van der Waals surface area contributed by atoms with Gasteiger partial charge in [-0.3, -0.25) is 9.59 Å². The summed E-state index contributed by atoms with van der Waals surface area (Å²) in [4.78, 5) is 24.8. The molecule has 1 aliphatic heterocycles. The number of hydrogen-bond donors (Lipinski definition) is 1. The van der Waals surface area contributed by atoms with Gasteiger partial charge in [-0.05, 0) is 17.5 Å². The molecule has 5 heteroatoms. The summed E-state index contributed by atoms with van der Waals surface area (Å²) in [5, 5.41) is 3.20. The quantitative estimate of drug-likeness (QED) is 0.798. The van der Waals surface area contributed by atoms with Crippen molar-refractivity contribution < 1.29 is 14.3 Å². The minimum absolute atomic E-state index is 0.0187. The van der Waals surface area contributed by atoms with Gasteiger partial charge in [0, 0.05) is 13.6 Å². The van der Waals surface area contributed by atoms with Gasteiger partial charge >= 0.3 is 5.97 Å². The summed E-state index contributed by atoms with van der Waals surface area (Å²) >= 11 is 0. The van der Waals surface area contributed by atoms with Crippen LogP contribution < -0.4 is 5.32 Å². The Hall–Kier alpha value is -1.88. The third kappa shape index (κ3) is 3.12. The van der Waals surface area contributed by atoms with E-state index in [2.05, 4.69) is 16.1 Å². The molecule has 2 rings (SSSR count). The average molecular weight is 262 g/mol. The molecular formula is C14H18N2O3. The van der Waals surface area contributed by atoms with Gasteiger partial charge in [0.05, 0.1) is 13.2 Å². The van der Waals surface area contributed by atoms with Crippen LogP contribution in [0.3, 0.4) is 0 Å². The number of carbonyl (C=O) groups is 2. The number of benzene rings is 1. The fourth-order valence-corrected chi connectivity index (χ4v) is 2.23. The number of esters is 1.